The Balaban J connectivity index is 1.29. The second kappa shape index (κ2) is 9.18. The van der Waals surface area contributed by atoms with Gasteiger partial charge in [-0.15, -0.1) is 0 Å². The molecule has 3 aromatic carbocycles. The zero-order valence-electron chi connectivity index (χ0n) is 18.8. The number of fused-ring (bicyclic) bond motifs is 1. The Morgan fingerprint density at radius 3 is 2.57 bits per heavy atom. The standard InChI is InChI=1S/C27H22FN5O2/c1-16-7-10-23(28)25(12-16)33-27(35)31-19-5-2-4-18(13-19)30-20-8-9-21-22(14-17-6-3-11-29-17)26(34)32-24(21)15-20/h2-15,29-30H,1H3,(H,32,34)(H2,31,33,35)/b22-14+. The highest BCUT2D eigenvalue weighted by molar-refractivity contribution is 6.35. The molecule has 0 saturated heterocycles. The van der Waals surface area contributed by atoms with Crippen LogP contribution in [-0.4, -0.2) is 16.9 Å². The lowest BCUT2D eigenvalue weighted by atomic mass is 10.1. The molecule has 0 bridgehead atoms. The maximum absolute atomic E-state index is 13.9. The number of anilines is 5. The minimum absolute atomic E-state index is 0.113. The number of rotatable bonds is 5. The highest BCUT2D eigenvalue weighted by atomic mass is 19.1. The first-order valence-corrected chi connectivity index (χ1v) is 11.0. The molecule has 7 nitrogen and oxygen atoms in total. The van der Waals surface area contributed by atoms with E-state index in [0.717, 1.165) is 28.2 Å². The minimum Gasteiger partial charge on any atom is -0.362 e. The summed E-state index contributed by atoms with van der Waals surface area (Å²) >= 11 is 0. The van der Waals surface area contributed by atoms with Crippen LogP contribution in [0, 0.1) is 12.7 Å². The van der Waals surface area contributed by atoms with E-state index in [1.54, 1.807) is 36.5 Å². The normalized spacial score (nSPS) is 13.3. The van der Waals surface area contributed by atoms with E-state index in [0.29, 0.717) is 16.9 Å². The summed E-state index contributed by atoms with van der Waals surface area (Å²) in [7, 11) is 0. The number of nitrogens with one attached hydrogen (secondary N) is 5. The van der Waals surface area contributed by atoms with Crippen LogP contribution < -0.4 is 21.3 Å². The molecular formula is C27H22FN5O2. The van der Waals surface area contributed by atoms with Gasteiger partial charge >= 0.3 is 6.03 Å². The summed E-state index contributed by atoms with van der Waals surface area (Å²) in [5.74, 6) is -0.662. The third-order valence-electron chi connectivity index (χ3n) is 5.50. The second-order valence-electron chi connectivity index (χ2n) is 8.17. The molecule has 0 radical (unpaired) electrons. The van der Waals surface area contributed by atoms with E-state index < -0.39 is 11.8 Å². The third kappa shape index (κ3) is 4.91. The quantitative estimate of drug-likeness (QED) is 0.221. The summed E-state index contributed by atoms with van der Waals surface area (Å²) in [5, 5.41) is 11.4. The molecule has 4 aromatic rings. The van der Waals surface area contributed by atoms with Crippen LogP contribution in [0.5, 0.6) is 0 Å². The molecule has 0 aliphatic carbocycles. The van der Waals surface area contributed by atoms with Gasteiger partial charge in [0.1, 0.15) is 5.82 Å². The number of hydrogen-bond acceptors (Lipinski definition) is 3. The number of aromatic amines is 1. The van der Waals surface area contributed by atoms with Gasteiger partial charge in [-0.1, -0.05) is 18.2 Å². The molecular weight excluding hydrogens is 445 g/mol. The van der Waals surface area contributed by atoms with Crippen LogP contribution in [0.3, 0.4) is 0 Å². The average molecular weight is 468 g/mol. The number of benzene rings is 3. The molecule has 1 aliphatic rings. The van der Waals surface area contributed by atoms with Gasteiger partial charge in [-0.05, 0) is 73.2 Å². The molecule has 0 spiro atoms. The van der Waals surface area contributed by atoms with Gasteiger partial charge in [0.05, 0.1) is 16.9 Å². The summed E-state index contributed by atoms with van der Waals surface area (Å²) in [6, 6.07) is 20.5. The first-order chi connectivity index (χ1) is 16.9. The number of halogens is 1. The van der Waals surface area contributed by atoms with Gasteiger partial charge in [-0.2, -0.15) is 0 Å². The van der Waals surface area contributed by atoms with Gasteiger partial charge in [-0.25, -0.2) is 9.18 Å². The molecule has 2 heterocycles. The largest absolute Gasteiger partial charge is 0.362 e. The number of amides is 3. The molecule has 0 saturated carbocycles. The molecule has 3 amide bonds. The van der Waals surface area contributed by atoms with Crippen molar-refractivity contribution >= 4 is 52.0 Å². The first kappa shape index (κ1) is 22.0. The van der Waals surface area contributed by atoms with Gasteiger partial charge in [0.15, 0.2) is 0 Å². The molecule has 0 unspecified atom stereocenters. The van der Waals surface area contributed by atoms with Crippen LogP contribution in [0.4, 0.5) is 37.6 Å². The molecule has 0 fully saturated rings. The Labute approximate surface area is 201 Å². The Bertz CT molecular complexity index is 1460. The zero-order valence-corrected chi connectivity index (χ0v) is 18.8. The lowest BCUT2D eigenvalue weighted by Gasteiger charge is -2.12. The fourth-order valence-corrected chi connectivity index (χ4v) is 3.87. The predicted molar refractivity (Wildman–Crippen MR) is 137 cm³/mol. The smallest absolute Gasteiger partial charge is 0.323 e. The van der Waals surface area contributed by atoms with Gasteiger partial charge in [0.25, 0.3) is 5.91 Å². The summed E-state index contributed by atoms with van der Waals surface area (Å²) < 4.78 is 13.9. The number of aromatic nitrogens is 1. The molecule has 0 atom stereocenters. The SMILES string of the molecule is Cc1ccc(F)c(NC(=O)Nc2cccc(Nc3ccc4c(c3)NC(=O)/C4=C/c3ccc[nH]3)c2)c1. The van der Waals surface area contributed by atoms with Crippen LogP contribution >= 0.6 is 0 Å². The lowest BCUT2D eigenvalue weighted by molar-refractivity contribution is -0.110. The van der Waals surface area contributed by atoms with Gasteiger partial charge in [0, 0.05) is 34.5 Å². The number of urea groups is 1. The van der Waals surface area contributed by atoms with Crippen molar-refractivity contribution < 1.29 is 14.0 Å². The van der Waals surface area contributed by atoms with Gasteiger partial charge in [-0.3, -0.25) is 4.79 Å². The number of H-pyrrole nitrogens is 1. The van der Waals surface area contributed by atoms with E-state index in [1.165, 1.54) is 6.07 Å². The van der Waals surface area contributed by atoms with Gasteiger partial charge in [0.2, 0.25) is 0 Å². The van der Waals surface area contributed by atoms with Crippen molar-refractivity contribution in [1.82, 2.24) is 4.98 Å². The van der Waals surface area contributed by atoms with Crippen LogP contribution in [0.1, 0.15) is 16.8 Å². The molecule has 8 heteroatoms. The van der Waals surface area contributed by atoms with Crippen molar-refractivity contribution in [3.8, 4) is 0 Å². The van der Waals surface area contributed by atoms with E-state index in [-0.39, 0.29) is 11.6 Å². The van der Waals surface area contributed by atoms with E-state index >= 15 is 0 Å². The number of carbonyl (C=O) groups excluding carboxylic acids is 2. The molecule has 5 N–H and O–H groups in total. The topological polar surface area (TPSA) is 98.0 Å². The number of carbonyl (C=O) groups is 2. The number of hydrogen-bond donors (Lipinski definition) is 5. The maximum atomic E-state index is 13.9. The molecule has 5 rings (SSSR count). The van der Waals surface area contributed by atoms with Gasteiger partial charge < -0.3 is 26.3 Å². The van der Waals surface area contributed by atoms with Crippen molar-refractivity contribution in [2.75, 3.05) is 21.3 Å². The Morgan fingerprint density at radius 2 is 1.74 bits per heavy atom. The van der Waals surface area contributed by atoms with Crippen molar-refractivity contribution in [2.45, 2.75) is 6.92 Å². The summed E-state index contributed by atoms with van der Waals surface area (Å²) in [6.45, 7) is 1.82. The van der Waals surface area contributed by atoms with Crippen LogP contribution in [-0.2, 0) is 4.79 Å². The Morgan fingerprint density at radius 1 is 0.914 bits per heavy atom. The first-order valence-electron chi connectivity index (χ1n) is 11.0. The summed E-state index contributed by atoms with van der Waals surface area (Å²) in [6.07, 6.45) is 3.62. The number of aryl methyl sites for hydroxylation is 1. The van der Waals surface area contributed by atoms with Crippen LogP contribution in [0.2, 0.25) is 0 Å². The predicted octanol–water partition coefficient (Wildman–Crippen LogP) is 6.34. The summed E-state index contributed by atoms with van der Waals surface area (Å²) in [4.78, 5) is 27.9. The van der Waals surface area contributed by atoms with Crippen molar-refractivity contribution in [3.05, 3.63) is 102 Å². The van der Waals surface area contributed by atoms with Crippen molar-refractivity contribution in [1.29, 1.82) is 0 Å². The Hall–Kier alpha value is -4.85. The molecule has 35 heavy (non-hydrogen) atoms. The van der Waals surface area contributed by atoms with E-state index in [1.807, 2.05) is 49.4 Å². The summed E-state index contributed by atoms with van der Waals surface area (Å²) in [5.41, 5.74) is 5.97. The van der Waals surface area contributed by atoms with Crippen LogP contribution in [0.15, 0.2) is 79.0 Å². The fraction of sp³-hybridized carbons (Fsp3) is 0.0370. The monoisotopic (exact) mass is 467 g/mol. The zero-order chi connectivity index (χ0) is 24.4. The molecule has 1 aromatic heterocycles. The van der Waals surface area contributed by atoms with E-state index in [4.69, 9.17) is 0 Å². The van der Waals surface area contributed by atoms with Crippen LogP contribution in [0.25, 0.3) is 11.6 Å². The van der Waals surface area contributed by atoms with Crippen molar-refractivity contribution in [3.63, 3.8) is 0 Å². The molecule has 1 aliphatic heterocycles. The minimum atomic E-state index is -0.548. The fourth-order valence-electron chi connectivity index (χ4n) is 3.87. The van der Waals surface area contributed by atoms with E-state index in [2.05, 4.69) is 26.3 Å². The lowest BCUT2D eigenvalue weighted by Crippen LogP contribution is -2.20. The highest BCUT2D eigenvalue weighted by Crippen LogP contribution is 2.35. The maximum Gasteiger partial charge on any atom is 0.323 e. The average Bonchev–Trinajstić information content (AvgIpc) is 3.44. The molecule has 174 valence electrons. The van der Waals surface area contributed by atoms with Crippen molar-refractivity contribution in [2.24, 2.45) is 0 Å². The van der Waals surface area contributed by atoms with E-state index in [9.17, 15) is 14.0 Å². The highest BCUT2D eigenvalue weighted by Gasteiger charge is 2.24. The Kier molecular flexibility index (Phi) is 5.76. The second-order valence-corrected chi connectivity index (χ2v) is 8.17. The third-order valence-corrected chi connectivity index (χ3v) is 5.50.